The van der Waals surface area contributed by atoms with Gasteiger partial charge in [-0.25, -0.2) is 4.98 Å². The van der Waals surface area contributed by atoms with Gasteiger partial charge in [-0.15, -0.1) is 10.2 Å². The lowest BCUT2D eigenvalue weighted by Crippen LogP contribution is -2.49. The number of piperazine rings is 1. The van der Waals surface area contributed by atoms with Gasteiger partial charge in [-0.2, -0.15) is 0 Å². The number of hydrogen-bond donors (Lipinski definition) is 0. The Hall–Kier alpha value is -3.13. The molecule has 1 aliphatic heterocycles. The summed E-state index contributed by atoms with van der Waals surface area (Å²) in [7, 11) is 1.59. The maximum absolute atomic E-state index is 12.8. The Balaban J connectivity index is 1.42. The Bertz CT molecular complexity index is 1050. The number of carbonyl (C=O) groups is 1. The molecule has 0 aliphatic carbocycles. The Labute approximate surface area is 179 Å². The maximum atomic E-state index is 12.8. The van der Waals surface area contributed by atoms with Gasteiger partial charge < -0.3 is 19.0 Å². The SMILES string of the molecule is COc1ccc(CC(=O)N2CCN(c3ncccc3-c3nnc(C)o3)CC2)c(Cl)c1. The molecule has 30 heavy (non-hydrogen) atoms. The van der Waals surface area contributed by atoms with Crippen molar-refractivity contribution in [3.05, 3.63) is 53.0 Å². The van der Waals surface area contributed by atoms with Crippen LogP contribution in [0.15, 0.2) is 40.9 Å². The van der Waals surface area contributed by atoms with E-state index in [1.54, 1.807) is 26.3 Å². The predicted octanol–water partition coefficient (Wildman–Crippen LogP) is 2.99. The number of amides is 1. The van der Waals surface area contributed by atoms with Crippen molar-refractivity contribution in [2.75, 3.05) is 38.2 Å². The number of nitrogens with zero attached hydrogens (tertiary/aromatic N) is 5. The standard InChI is InChI=1S/C21H22ClN5O3/c1-14-24-25-21(30-14)17-4-3-7-23-20(17)27-10-8-26(9-11-27)19(28)12-15-5-6-16(29-2)13-18(15)22/h3-7,13H,8-12H2,1-2H3. The quantitative estimate of drug-likeness (QED) is 0.618. The third kappa shape index (κ3) is 4.23. The first-order valence-electron chi connectivity index (χ1n) is 9.66. The van der Waals surface area contributed by atoms with Gasteiger partial charge in [0.05, 0.1) is 19.1 Å². The lowest BCUT2D eigenvalue weighted by molar-refractivity contribution is -0.130. The van der Waals surface area contributed by atoms with Crippen molar-refractivity contribution in [3.8, 4) is 17.2 Å². The normalized spacial score (nSPS) is 14.1. The van der Waals surface area contributed by atoms with Crippen LogP contribution in [0.1, 0.15) is 11.5 Å². The minimum Gasteiger partial charge on any atom is -0.497 e. The zero-order valence-corrected chi connectivity index (χ0v) is 17.6. The highest BCUT2D eigenvalue weighted by atomic mass is 35.5. The molecule has 3 aromatic rings. The summed E-state index contributed by atoms with van der Waals surface area (Å²) in [6.07, 6.45) is 2.00. The largest absolute Gasteiger partial charge is 0.497 e. The Kier molecular flexibility index (Phi) is 5.85. The Morgan fingerprint density at radius 2 is 2.00 bits per heavy atom. The van der Waals surface area contributed by atoms with Crippen molar-refractivity contribution in [1.82, 2.24) is 20.1 Å². The van der Waals surface area contributed by atoms with Crippen LogP contribution in [0.2, 0.25) is 5.02 Å². The van der Waals surface area contributed by atoms with E-state index in [1.165, 1.54) is 0 Å². The molecule has 0 saturated carbocycles. The first kappa shape index (κ1) is 20.2. The number of rotatable bonds is 5. The maximum Gasteiger partial charge on any atom is 0.251 e. The number of methoxy groups -OCH3 is 1. The van der Waals surface area contributed by atoms with Gasteiger partial charge in [0.25, 0.3) is 5.89 Å². The summed E-state index contributed by atoms with van der Waals surface area (Å²) in [5, 5.41) is 8.56. The van der Waals surface area contributed by atoms with E-state index in [2.05, 4.69) is 20.1 Å². The fourth-order valence-corrected chi connectivity index (χ4v) is 3.70. The molecule has 0 radical (unpaired) electrons. The summed E-state index contributed by atoms with van der Waals surface area (Å²) in [4.78, 5) is 21.3. The Morgan fingerprint density at radius 3 is 2.67 bits per heavy atom. The molecule has 0 N–H and O–H groups in total. The molecular weight excluding hydrogens is 406 g/mol. The van der Waals surface area contributed by atoms with Crippen LogP contribution < -0.4 is 9.64 Å². The topological polar surface area (TPSA) is 84.6 Å². The van der Waals surface area contributed by atoms with Crippen LogP contribution in [0.5, 0.6) is 5.75 Å². The van der Waals surface area contributed by atoms with Crippen LogP contribution in [0.4, 0.5) is 5.82 Å². The van der Waals surface area contributed by atoms with E-state index >= 15 is 0 Å². The summed E-state index contributed by atoms with van der Waals surface area (Å²) in [5.74, 6) is 2.46. The molecule has 1 saturated heterocycles. The van der Waals surface area contributed by atoms with Crippen LogP contribution in [0.25, 0.3) is 11.5 Å². The van der Waals surface area contributed by atoms with Gasteiger partial charge in [-0.3, -0.25) is 4.79 Å². The van der Waals surface area contributed by atoms with E-state index in [4.69, 9.17) is 20.8 Å². The molecule has 1 aromatic carbocycles. The van der Waals surface area contributed by atoms with Crippen molar-refractivity contribution < 1.29 is 13.9 Å². The van der Waals surface area contributed by atoms with Crippen molar-refractivity contribution >= 4 is 23.3 Å². The zero-order chi connectivity index (χ0) is 21.1. The highest BCUT2D eigenvalue weighted by Gasteiger charge is 2.25. The van der Waals surface area contributed by atoms with Crippen LogP contribution in [-0.4, -0.2) is 59.3 Å². The molecule has 4 rings (SSSR count). The van der Waals surface area contributed by atoms with E-state index < -0.39 is 0 Å². The number of carbonyl (C=O) groups excluding carboxylic acids is 1. The molecule has 8 nitrogen and oxygen atoms in total. The number of hydrogen-bond acceptors (Lipinski definition) is 7. The molecule has 3 heterocycles. The molecule has 1 amide bonds. The highest BCUT2D eigenvalue weighted by Crippen LogP contribution is 2.29. The third-order valence-corrected chi connectivity index (χ3v) is 5.43. The molecule has 0 atom stereocenters. The van der Waals surface area contributed by atoms with E-state index in [-0.39, 0.29) is 12.3 Å². The van der Waals surface area contributed by atoms with Gasteiger partial charge in [-0.1, -0.05) is 17.7 Å². The van der Waals surface area contributed by atoms with Gasteiger partial charge in [0, 0.05) is 44.3 Å². The second kappa shape index (κ2) is 8.71. The monoisotopic (exact) mass is 427 g/mol. The number of pyridine rings is 1. The predicted molar refractivity (Wildman–Crippen MR) is 113 cm³/mol. The summed E-state index contributed by atoms with van der Waals surface area (Å²) in [6.45, 7) is 4.29. The van der Waals surface area contributed by atoms with Crippen LogP contribution in [0.3, 0.4) is 0 Å². The van der Waals surface area contributed by atoms with E-state index in [9.17, 15) is 4.79 Å². The average molecular weight is 428 g/mol. The minimum atomic E-state index is 0.0514. The van der Waals surface area contributed by atoms with Gasteiger partial charge >= 0.3 is 0 Å². The van der Waals surface area contributed by atoms with Crippen molar-refractivity contribution in [1.29, 1.82) is 0 Å². The number of benzene rings is 1. The third-order valence-electron chi connectivity index (χ3n) is 5.08. The fraction of sp³-hybridized carbons (Fsp3) is 0.333. The Morgan fingerprint density at radius 1 is 1.20 bits per heavy atom. The molecular formula is C21H22ClN5O3. The lowest BCUT2D eigenvalue weighted by atomic mass is 10.1. The zero-order valence-electron chi connectivity index (χ0n) is 16.8. The molecule has 0 spiro atoms. The summed E-state index contributed by atoms with van der Waals surface area (Å²) in [5.41, 5.74) is 1.59. The molecule has 0 unspecified atom stereocenters. The summed E-state index contributed by atoms with van der Waals surface area (Å²) >= 11 is 6.28. The number of aromatic nitrogens is 3. The number of halogens is 1. The average Bonchev–Trinajstić information content (AvgIpc) is 3.21. The van der Waals surface area contributed by atoms with Crippen molar-refractivity contribution in [3.63, 3.8) is 0 Å². The number of aryl methyl sites for hydroxylation is 1. The lowest BCUT2D eigenvalue weighted by Gasteiger charge is -2.36. The number of anilines is 1. The number of ether oxygens (including phenoxy) is 1. The minimum absolute atomic E-state index is 0.0514. The van der Waals surface area contributed by atoms with Crippen LogP contribution >= 0.6 is 11.6 Å². The molecule has 0 bridgehead atoms. The van der Waals surface area contributed by atoms with Crippen LogP contribution in [-0.2, 0) is 11.2 Å². The molecule has 2 aromatic heterocycles. The second-order valence-corrected chi connectivity index (χ2v) is 7.41. The van der Waals surface area contributed by atoms with Gasteiger partial charge in [0.15, 0.2) is 0 Å². The van der Waals surface area contributed by atoms with E-state index in [1.807, 2.05) is 29.2 Å². The van der Waals surface area contributed by atoms with E-state index in [0.717, 1.165) is 16.9 Å². The smallest absolute Gasteiger partial charge is 0.251 e. The van der Waals surface area contributed by atoms with E-state index in [0.29, 0.717) is 48.7 Å². The van der Waals surface area contributed by atoms with Crippen LogP contribution in [0, 0.1) is 6.92 Å². The molecule has 1 aliphatic rings. The summed E-state index contributed by atoms with van der Waals surface area (Å²) < 4.78 is 10.7. The molecule has 9 heteroatoms. The van der Waals surface area contributed by atoms with Crippen molar-refractivity contribution in [2.24, 2.45) is 0 Å². The molecule has 156 valence electrons. The highest BCUT2D eigenvalue weighted by molar-refractivity contribution is 6.31. The second-order valence-electron chi connectivity index (χ2n) is 7.00. The first-order chi connectivity index (χ1) is 14.5. The summed E-state index contributed by atoms with van der Waals surface area (Å²) in [6, 6.07) is 9.13. The van der Waals surface area contributed by atoms with Gasteiger partial charge in [0.2, 0.25) is 11.8 Å². The molecule has 1 fully saturated rings. The first-order valence-corrected chi connectivity index (χ1v) is 10.0. The van der Waals surface area contributed by atoms with Crippen molar-refractivity contribution in [2.45, 2.75) is 13.3 Å². The fourth-order valence-electron chi connectivity index (χ4n) is 3.46. The van der Waals surface area contributed by atoms with Gasteiger partial charge in [-0.05, 0) is 29.8 Å². The van der Waals surface area contributed by atoms with Gasteiger partial charge in [0.1, 0.15) is 11.6 Å².